The average molecular weight is 366 g/mol. The van der Waals surface area contributed by atoms with Crippen molar-refractivity contribution in [3.05, 3.63) is 0 Å². The molecule has 25 heavy (non-hydrogen) atoms. The molecule has 0 aromatic heterocycles. The van der Waals surface area contributed by atoms with Crippen LogP contribution in [0.3, 0.4) is 0 Å². The van der Waals surface area contributed by atoms with Gasteiger partial charge in [0.1, 0.15) is 18.1 Å². The summed E-state index contributed by atoms with van der Waals surface area (Å²) in [5, 5.41) is 0. The van der Waals surface area contributed by atoms with Gasteiger partial charge in [0.25, 0.3) is 0 Å². The molecule has 1 aliphatic heterocycles. The van der Waals surface area contributed by atoms with Crippen molar-refractivity contribution in [1.29, 1.82) is 0 Å². The molecule has 0 atom stereocenters. The second-order valence-electron chi connectivity index (χ2n) is 10.5. The van der Waals surface area contributed by atoms with Gasteiger partial charge in [-0.05, 0) is 51.0 Å². The first-order valence-electron chi connectivity index (χ1n) is 9.87. The van der Waals surface area contributed by atoms with Gasteiger partial charge in [-0.15, -0.1) is 0 Å². The molecule has 0 N–H and O–H groups in total. The molecule has 2 saturated carbocycles. The third-order valence-corrected chi connectivity index (χ3v) is 7.89. The molecule has 3 aliphatic rings. The summed E-state index contributed by atoms with van der Waals surface area (Å²) in [4.78, 5) is 16.3. The number of carbonyl (C=O) groups excluding carboxylic acids is 1. The largest absolute Gasteiger partial charge is 0.474 e. The van der Waals surface area contributed by atoms with Crippen molar-refractivity contribution in [3.63, 3.8) is 0 Å². The smallest absolute Gasteiger partial charge is 0.192 e. The van der Waals surface area contributed by atoms with E-state index in [0.717, 1.165) is 57.5 Å². The van der Waals surface area contributed by atoms with Crippen molar-refractivity contribution in [2.24, 2.45) is 15.8 Å². The van der Waals surface area contributed by atoms with Crippen LogP contribution in [0, 0.1) is 10.8 Å². The predicted octanol–water partition coefficient (Wildman–Crippen LogP) is 4.81. The second-order valence-corrected chi connectivity index (χ2v) is 16.1. The minimum absolute atomic E-state index is 0.103. The highest BCUT2D eigenvalue weighted by atomic mass is 28.3. The third-order valence-electron chi connectivity index (χ3n) is 6.18. The van der Waals surface area contributed by atoms with Crippen LogP contribution < -0.4 is 0 Å². The molecule has 2 spiro atoms. The monoisotopic (exact) mass is 365 g/mol. The first kappa shape index (κ1) is 19.1. The molecule has 142 valence electrons. The van der Waals surface area contributed by atoms with Crippen molar-refractivity contribution < 1.29 is 14.3 Å². The summed E-state index contributed by atoms with van der Waals surface area (Å²) in [5.41, 5.74) is 0.340. The number of carbonyl (C=O) groups is 1. The van der Waals surface area contributed by atoms with Crippen LogP contribution >= 0.6 is 0 Å². The van der Waals surface area contributed by atoms with Gasteiger partial charge < -0.3 is 9.47 Å². The number of rotatable bonds is 5. The summed E-state index contributed by atoms with van der Waals surface area (Å²) in [6, 6.07) is 1.17. The molecule has 0 aromatic rings. The molecular weight excluding hydrogens is 330 g/mol. The van der Waals surface area contributed by atoms with Gasteiger partial charge in [0.2, 0.25) is 0 Å². The molecule has 0 unspecified atom stereocenters. The van der Waals surface area contributed by atoms with E-state index in [1.54, 1.807) is 0 Å². The number of aliphatic imine (C=N–C) groups is 1. The summed E-state index contributed by atoms with van der Waals surface area (Å²) < 4.78 is 12.0. The van der Waals surface area contributed by atoms with Crippen molar-refractivity contribution in [2.45, 2.75) is 90.1 Å². The first-order valence-corrected chi connectivity index (χ1v) is 13.6. The van der Waals surface area contributed by atoms with Crippen molar-refractivity contribution in [3.8, 4) is 0 Å². The van der Waals surface area contributed by atoms with Gasteiger partial charge in [-0.3, -0.25) is 4.79 Å². The zero-order chi connectivity index (χ0) is 18.3. The van der Waals surface area contributed by atoms with Crippen LogP contribution in [0.25, 0.3) is 0 Å². The zero-order valence-electron chi connectivity index (χ0n) is 16.7. The number of nitrogens with zero attached hydrogens (tertiary/aromatic N) is 1. The number of ketones is 1. The van der Waals surface area contributed by atoms with Crippen LogP contribution in [-0.2, 0) is 14.3 Å². The van der Waals surface area contributed by atoms with Crippen molar-refractivity contribution >= 4 is 19.8 Å². The lowest BCUT2D eigenvalue weighted by Gasteiger charge is -2.55. The van der Waals surface area contributed by atoms with Gasteiger partial charge in [0.15, 0.2) is 5.90 Å². The van der Waals surface area contributed by atoms with Crippen LogP contribution in [-0.4, -0.2) is 38.7 Å². The van der Waals surface area contributed by atoms with E-state index >= 15 is 0 Å². The summed E-state index contributed by atoms with van der Waals surface area (Å²) in [7, 11) is -1.05. The molecule has 1 heterocycles. The van der Waals surface area contributed by atoms with Crippen LogP contribution in [0.4, 0.5) is 0 Å². The fourth-order valence-electron chi connectivity index (χ4n) is 5.12. The first-order chi connectivity index (χ1) is 11.5. The average Bonchev–Trinajstić information content (AvgIpc) is 2.71. The molecule has 4 nitrogen and oxygen atoms in total. The maximum atomic E-state index is 11.6. The van der Waals surface area contributed by atoms with Gasteiger partial charge in [-0.1, -0.05) is 19.6 Å². The quantitative estimate of drug-likeness (QED) is 0.519. The van der Waals surface area contributed by atoms with E-state index in [1.807, 2.05) is 0 Å². The van der Waals surface area contributed by atoms with Crippen LogP contribution in [0.15, 0.2) is 4.99 Å². The molecule has 0 amide bonds. The lowest BCUT2D eigenvalue weighted by Crippen LogP contribution is -2.51. The van der Waals surface area contributed by atoms with E-state index in [0.29, 0.717) is 17.9 Å². The summed E-state index contributed by atoms with van der Waals surface area (Å²) in [6.07, 6.45) is 7.00. The van der Waals surface area contributed by atoms with E-state index in [-0.39, 0.29) is 11.0 Å². The molecule has 5 heteroatoms. The third kappa shape index (κ3) is 4.36. The SMILES string of the molecule is CC1(C)CC2(CC3(CCC(=O)CC3)C2)C(=NCOCC[Si](C)(C)C)O1. The Morgan fingerprint density at radius 3 is 2.36 bits per heavy atom. The summed E-state index contributed by atoms with van der Waals surface area (Å²) >= 11 is 0. The Morgan fingerprint density at radius 1 is 1.12 bits per heavy atom. The normalized spacial score (nSPS) is 28.4. The maximum Gasteiger partial charge on any atom is 0.192 e. The van der Waals surface area contributed by atoms with E-state index < -0.39 is 8.07 Å². The van der Waals surface area contributed by atoms with E-state index in [9.17, 15) is 4.79 Å². The topological polar surface area (TPSA) is 47.9 Å². The fourth-order valence-corrected chi connectivity index (χ4v) is 5.87. The molecule has 1 saturated heterocycles. The van der Waals surface area contributed by atoms with Crippen molar-refractivity contribution in [2.75, 3.05) is 13.3 Å². The Balaban J connectivity index is 1.59. The highest BCUT2D eigenvalue weighted by Crippen LogP contribution is 2.66. The molecule has 0 radical (unpaired) electrons. The minimum Gasteiger partial charge on any atom is -0.474 e. The Kier molecular flexibility index (Phi) is 4.95. The van der Waals surface area contributed by atoms with Gasteiger partial charge >= 0.3 is 0 Å². The van der Waals surface area contributed by atoms with Gasteiger partial charge in [0.05, 0.1) is 5.41 Å². The van der Waals surface area contributed by atoms with E-state index in [1.165, 1.54) is 6.04 Å². The van der Waals surface area contributed by atoms with Gasteiger partial charge in [0, 0.05) is 33.9 Å². The Hall–Kier alpha value is -0.683. The molecular formula is C20H35NO3Si. The molecule has 0 aromatic carbocycles. The Bertz CT molecular complexity index is 544. The summed E-state index contributed by atoms with van der Waals surface area (Å²) in [6.45, 7) is 12.6. The zero-order valence-corrected chi connectivity index (χ0v) is 17.7. The Morgan fingerprint density at radius 2 is 1.76 bits per heavy atom. The number of hydrogen-bond donors (Lipinski definition) is 0. The lowest BCUT2D eigenvalue weighted by molar-refractivity contribution is -0.126. The highest BCUT2D eigenvalue weighted by molar-refractivity contribution is 6.76. The standard InChI is InChI=1S/C20H35NO3Si/c1-18(2)12-20(13-19(14-20)8-6-16(22)7-9-19)17(24-18)21-15-23-10-11-25(3,4)5/h6-15H2,1-5H3. The molecule has 0 bridgehead atoms. The second kappa shape index (κ2) is 6.49. The van der Waals surface area contributed by atoms with Crippen LogP contribution in [0.1, 0.15) is 58.8 Å². The molecule has 3 fully saturated rings. The van der Waals surface area contributed by atoms with E-state index in [2.05, 4.69) is 33.5 Å². The highest BCUT2D eigenvalue weighted by Gasteiger charge is 2.63. The van der Waals surface area contributed by atoms with Crippen LogP contribution in [0.2, 0.25) is 25.7 Å². The van der Waals surface area contributed by atoms with Gasteiger partial charge in [-0.25, -0.2) is 4.99 Å². The fraction of sp³-hybridized carbons (Fsp3) is 0.900. The van der Waals surface area contributed by atoms with E-state index in [4.69, 9.17) is 14.5 Å². The van der Waals surface area contributed by atoms with Crippen molar-refractivity contribution in [1.82, 2.24) is 0 Å². The predicted molar refractivity (Wildman–Crippen MR) is 104 cm³/mol. The number of ether oxygens (including phenoxy) is 2. The lowest BCUT2D eigenvalue weighted by atomic mass is 9.47. The number of hydrogen-bond acceptors (Lipinski definition) is 4. The minimum atomic E-state index is -1.05. The summed E-state index contributed by atoms with van der Waals surface area (Å²) in [5.74, 6) is 1.37. The molecule has 2 aliphatic carbocycles. The maximum absolute atomic E-state index is 11.6. The number of Topliss-reactive ketones (excluding diaryl/α,β-unsaturated/α-hetero) is 1. The van der Waals surface area contributed by atoms with Gasteiger partial charge in [-0.2, -0.15) is 0 Å². The molecule has 3 rings (SSSR count). The Labute approximate surface area is 153 Å². The van der Waals surface area contributed by atoms with Crippen LogP contribution in [0.5, 0.6) is 0 Å².